The van der Waals surface area contributed by atoms with Gasteiger partial charge in [-0.1, -0.05) is 0 Å². The first kappa shape index (κ1) is 26.9. The number of Topliss-reactive ketones (excluding diaryl/α,β-unsaturated/α-hetero) is 4. The predicted molar refractivity (Wildman–Crippen MR) is 147 cm³/mol. The fourth-order valence-corrected chi connectivity index (χ4v) is 9.74. The lowest BCUT2D eigenvalue weighted by molar-refractivity contribution is -0.201. The number of phenols is 4. The third kappa shape index (κ3) is 2.47. The van der Waals surface area contributed by atoms with Crippen LogP contribution in [0.5, 0.6) is 23.0 Å². The van der Waals surface area contributed by atoms with Gasteiger partial charge in [-0.05, 0) is 49.9 Å². The molecule has 4 saturated carbocycles. The van der Waals surface area contributed by atoms with E-state index < -0.39 is 151 Å². The fourth-order valence-electron chi connectivity index (χ4n) is 9.74. The van der Waals surface area contributed by atoms with E-state index in [0.717, 1.165) is 12.1 Å². The molecular formula is C32H26O12. The molecule has 0 amide bonds. The van der Waals surface area contributed by atoms with Crippen LogP contribution < -0.4 is 0 Å². The number of rotatable bonds is 0. The summed E-state index contributed by atoms with van der Waals surface area (Å²) in [5.74, 6) is -13.8. The molecule has 2 aromatic rings. The molecule has 4 unspecified atom stereocenters. The number of phenolic OH excluding ortho intramolecular Hbond substituents is 4. The number of aromatic hydroxyl groups is 4. The van der Waals surface area contributed by atoms with Crippen molar-refractivity contribution in [2.24, 2.45) is 34.5 Å². The van der Waals surface area contributed by atoms with Crippen LogP contribution in [0.2, 0.25) is 0 Å². The number of carbonyl (C=O) groups is 4. The van der Waals surface area contributed by atoms with Crippen molar-refractivity contribution in [1.82, 2.24) is 0 Å². The van der Waals surface area contributed by atoms with Gasteiger partial charge in [-0.15, -0.1) is 0 Å². The van der Waals surface area contributed by atoms with Crippen LogP contribution in [0.3, 0.4) is 0 Å². The Bertz CT molecular complexity index is 1810. The average Bonchev–Trinajstić information content (AvgIpc) is 2.95. The second-order valence-corrected chi connectivity index (χ2v) is 13.1. The van der Waals surface area contributed by atoms with Crippen LogP contribution in [-0.4, -0.2) is 76.2 Å². The molecule has 2 aromatic carbocycles. The van der Waals surface area contributed by atoms with E-state index in [9.17, 15) is 60.0 Å². The molecule has 4 bridgehead atoms. The van der Waals surface area contributed by atoms with Crippen LogP contribution in [0, 0.1) is 48.3 Å². The number of allylic oxidation sites excluding steroid dienone is 2. The van der Waals surface area contributed by atoms with E-state index in [-0.39, 0.29) is 11.1 Å². The Morgan fingerprint density at radius 2 is 0.932 bits per heavy atom. The molecule has 2 spiro atoms. The Kier molecular flexibility index (Phi) is 4.70. The second-order valence-electron chi connectivity index (χ2n) is 13.1. The van der Waals surface area contributed by atoms with Crippen molar-refractivity contribution in [3.8, 4) is 23.0 Å². The van der Waals surface area contributed by atoms with Gasteiger partial charge in [0.15, 0.2) is 23.1 Å². The highest BCUT2D eigenvalue weighted by molar-refractivity contribution is 6.25. The van der Waals surface area contributed by atoms with Crippen molar-refractivity contribution in [3.05, 3.63) is 56.7 Å². The van der Waals surface area contributed by atoms with E-state index in [1.807, 2.05) is 0 Å². The Hall–Kier alpha value is -4.68. The Labute approximate surface area is 247 Å². The minimum absolute atomic E-state index is 0.0647. The maximum absolute atomic E-state index is 14.7. The molecule has 0 aliphatic heterocycles. The molecule has 6 aliphatic carbocycles. The predicted octanol–water partition coefficient (Wildman–Crippen LogP) is 1.89. The summed E-state index contributed by atoms with van der Waals surface area (Å²) in [6.07, 6.45) is -4.59. The zero-order valence-corrected chi connectivity index (χ0v) is 23.2. The van der Waals surface area contributed by atoms with Gasteiger partial charge in [-0.25, -0.2) is 0 Å². The highest BCUT2D eigenvalue weighted by Gasteiger charge is 2.80. The Morgan fingerprint density at radius 3 is 1.27 bits per heavy atom. The highest BCUT2D eigenvalue weighted by atomic mass is 16.3. The SMILES string of the molecule is Cc1cc(O)c2c(c1O)C(=O)[C@@]13C[C@@H]4C(=O)C5=C(O)c6c(O)cc(C)c(O)c6C(=O)[C@@]56C[C@H](C(=O)C1=C2O)C(O)C3C6C4O. The van der Waals surface area contributed by atoms with Gasteiger partial charge in [0.25, 0.3) is 0 Å². The van der Waals surface area contributed by atoms with Gasteiger partial charge < -0.3 is 40.9 Å². The van der Waals surface area contributed by atoms with Gasteiger partial charge in [0.2, 0.25) is 0 Å². The van der Waals surface area contributed by atoms with Crippen molar-refractivity contribution in [2.45, 2.75) is 38.9 Å². The van der Waals surface area contributed by atoms with Crippen molar-refractivity contribution in [3.63, 3.8) is 0 Å². The number of benzene rings is 2. The van der Waals surface area contributed by atoms with Gasteiger partial charge in [-0.3, -0.25) is 19.2 Å². The molecule has 0 heterocycles. The van der Waals surface area contributed by atoms with E-state index in [1.54, 1.807) is 0 Å². The quantitative estimate of drug-likeness (QED) is 0.202. The number of hydrogen-bond donors (Lipinski definition) is 8. The largest absolute Gasteiger partial charge is 0.507 e. The Balaban J connectivity index is 1.50. The zero-order chi connectivity index (χ0) is 31.7. The molecule has 4 fully saturated rings. The van der Waals surface area contributed by atoms with Crippen molar-refractivity contribution in [1.29, 1.82) is 0 Å². The van der Waals surface area contributed by atoms with Gasteiger partial charge in [-0.2, -0.15) is 0 Å². The van der Waals surface area contributed by atoms with Crippen LogP contribution in [0.4, 0.5) is 0 Å². The Morgan fingerprint density at radius 1 is 0.591 bits per heavy atom. The molecule has 8 rings (SSSR count). The normalized spacial score (nSPS) is 36.3. The monoisotopic (exact) mass is 602 g/mol. The molecule has 226 valence electrons. The van der Waals surface area contributed by atoms with E-state index in [1.165, 1.54) is 13.8 Å². The summed E-state index contributed by atoms with van der Waals surface area (Å²) < 4.78 is 0. The number of hydrogen-bond acceptors (Lipinski definition) is 12. The van der Waals surface area contributed by atoms with E-state index >= 15 is 0 Å². The molecule has 44 heavy (non-hydrogen) atoms. The summed E-state index contributed by atoms with van der Waals surface area (Å²) in [5, 5.41) is 90.2. The lowest BCUT2D eigenvalue weighted by atomic mass is 9.33. The lowest BCUT2D eigenvalue weighted by Gasteiger charge is -2.68. The molecule has 8 N–H and O–H groups in total. The summed E-state index contributed by atoms with van der Waals surface area (Å²) in [6, 6.07) is 2.22. The highest BCUT2D eigenvalue weighted by Crippen LogP contribution is 2.74. The first-order valence-corrected chi connectivity index (χ1v) is 14.2. The number of aryl methyl sites for hydroxylation is 2. The lowest BCUT2D eigenvalue weighted by Crippen LogP contribution is -2.76. The summed E-state index contributed by atoms with van der Waals surface area (Å²) in [4.78, 5) is 58.0. The van der Waals surface area contributed by atoms with Gasteiger partial charge in [0, 0.05) is 23.7 Å². The van der Waals surface area contributed by atoms with Crippen LogP contribution in [0.25, 0.3) is 11.5 Å². The molecular weight excluding hydrogens is 576 g/mol. The number of aliphatic hydroxyl groups is 4. The maximum atomic E-state index is 14.7. The first-order chi connectivity index (χ1) is 20.6. The van der Waals surface area contributed by atoms with Crippen molar-refractivity contribution >= 4 is 34.7 Å². The summed E-state index contributed by atoms with van der Waals surface area (Å²) in [5.41, 5.74) is -7.25. The molecule has 0 saturated heterocycles. The molecule has 6 aliphatic rings. The minimum atomic E-state index is -2.21. The summed E-state index contributed by atoms with van der Waals surface area (Å²) in [6.45, 7) is 2.79. The third-order valence-electron chi connectivity index (χ3n) is 11.4. The zero-order valence-electron chi connectivity index (χ0n) is 23.2. The van der Waals surface area contributed by atoms with Gasteiger partial charge in [0.05, 0.1) is 56.4 Å². The average molecular weight is 603 g/mol. The number of carbonyl (C=O) groups excluding carboxylic acids is 4. The van der Waals surface area contributed by atoms with Crippen LogP contribution in [0.1, 0.15) is 55.8 Å². The van der Waals surface area contributed by atoms with E-state index in [0.29, 0.717) is 0 Å². The molecule has 8 atom stereocenters. The first-order valence-electron chi connectivity index (χ1n) is 14.2. The number of ketones is 4. The van der Waals surface area contributed by atoms with E-state index in [2.05, 4.69) is 0 Å². The summed E-state index contributed by atoms with van der Waals surface area (Å²) >= 11 is 0. The minimum Gasteiger partial charge on any atom is -0.507 e. The van der Waals surface area contributed by atoms with Crippen LogP contribution in [-0.2, 0) is 9.59 Å². The molecule has 0 aromatic heterocycles. The van der Waals surface area contributed by atoms with Crippen molar-refractivity contribution in [2.75, 3.05) is 0 Å². The topological polar surface area (TPSA) is 230 Å². The summed E-state index contributed by atoms with van der Waals surface area (Å²) in [7, 11) is 0. The van der Waals surface area contributed by atoms with Crippen LogP contribution >= 0.6 is 0 Å². The number of aliphatic hydroxyl groups excluding tert-OH is 4. The molecule has 12 heteroatoms. The third-order valence-corrected chi connectivity index (χ3v) is 11.4. The van der Waals surface area contributed by atoms with Gasteiger partial charge in [0.1, 0.15) is 34.5 Å². The molecule has 0 radical (unpaired) electrons. The van der Waals surface area contributed by atoms with Crippen molar-refractivity contribution < 1.29 is 60.0 Å². The second kappa shape index (κ2) is 7.69. The fraction of sp³-hybridized carbons (Fsp3) is 0.375. The number of fused-ring (bicyclic) bond motifs is 4. The standard InChI is InChI=1S/C32H26O12/c1-7-3-11(33)13-15(21(7)35)29(43)31-5-9-24(38)18-17(31)23(37)10(25(39)19(31)27(13)41)6-32(18)20(26(9)40)28(42)14-12(34)4-8(2)22(36)16(14)30(32)44/h3-4,9-10,17-18,23-24,33-38,41-42H,5-6H2,1-2H3/t9-,10-,17?,18?,23?,24?,31+,32+/m0/s1. The van der Waals surface area contributed by atoms with Crippen LogP contribution in [0.15, 0.2) is 23.3 Å². The smallest absolute Gasteiger partial charge is 0.178 e. The maximum Gasteiger partial charge on any atom is 0.178 e. The molecule has 12 nitrogen and oxygen atoms in total. The van der Waals surface area contributed by atoms with E-state index in [4.69, 9.17) is 0 Å². The van der Waals surface area contributed by atoms with Gasteiger partial charge >= 0.3 is 0 Å².